The van der Waals surface area contributed by atoms with E-state index < -0.39 is 0 Å². The monoisotopic (exact) mass is 592 g/mol. The number of nitrogens with one attached hydrogen (secondary N) is 1. The molecule has 1 unspecified atom stereocenters. The zero-order valence-corrected chi connectivity index (χ0v) is 21.7. The largest absolute Gasteiger partial charge is 0.482 e. The Morgan fingerprint density at radius 3 is 2.17 bits per heavy atom. The number of carbonyl (C=O) groups is 1. The SMILES string of the molecule is O=C1NC(c2ccc(I)cc2)CN1Cc1ncnc(OCc2ccccc2)c1OCc1ccccc1. The molecule has 1 atom stereocenters. The van der Waals surface area contributed by atoms with Gasteiger partial charge in [0.25, 0.3) is 5.88 Å². The van der Waals surface area contributed by atoms with Crippen LogP contribution in [0, 0.1) is 3.57 Å². The van der Waals surface area contributed by atoms with Crippen LogP contribution in [0.15, 0.2) is 91.3 Å². The Kier molecular flexibility index (Phi) is 7.61. The molecule has 7 nitrogen and oxygen atoms in total. The van der Waals surface area contributed by atoms with Gasteiger partial charge in [-0.05, 0) is 51.4 Å². The summed E-state index contributed by atoms with van der Waals surface area (Å²) in [4.78, 5) is 23.4. The van der Waals surface area contributed by atoms with Gasteiger partial charge in [-0.2, -0.15) is 4.98 Å². The molecule has 4 aromatic rings. The maximum atomic E-state index is 12.8. The molecular weight excluding hydrogens is 567 g/mol. The summed E-state index contributed by atoms with van der Waals surface area (Å²) in [6.07, 6.45) is 1.45. The molecule has 0 radical (unpaired) electrons. The minimum absolute atomic E-state index is 0.0844. The Balaban J connectivity index is 1.36. The molecule has 3 aromatic carbocycles. The van der Waals surface area contributed by atoms with Crippen LogP contribution >= 0.6 is 22.6 Å². The number of nitrogens with zero attached hydrogens (tertiary/aromatic N) is 3. The van der Waals surface area contributed by atoms with Crippen molar-refractivity contribution in [2.24, 2.45) is 0 Å². The van der Waals surface area contributed by atoms with Crippen LogP contribution in [0.25, 0.3) is 0 Å². The van der Waals surface area contributed by atoms with Gasteiger partial charge in [-0.1, -0.05) is 72.8 Å². The van der Waals surface area contributed by atoms with Gasteiger partial charge in [-0.15, -0.1) is 0 Å². The van der Waals surface area contributed by atoms with E-state index in [0.717, 1.165) is 20.3 Å². The number of aromatic nitrogens is 2. The number of hydrogen-bond acceptors (Lipinski definition) is 5. The Bertz CT molecular complexity index is 1300. The normalized spacial score (nSPS) is 15.0. The molecule has 2 amide bonds. The van der Waals surface area contributed by atoms with Gasteiger partial charge in [-0.3, -0.25) is 0 Å². The number of amides is 2. The number of urea groups is 1. The van der Waals surface area contributed by atoms with E-state index in [2.05, 4.69) is 37.9 Å². The first kappa shape index (κ1) is 24.1. The molecule has 2 heterocycles. The summed E-state index contributed by atoms with van der Waals surface area (Å²) >= 11 is 2.27. The Morgan fingerprint density at radius 1 is 0.861 bits per heavy atom. The topological polar surface area (TPSA) is 76.6 Å². The van der Waals surface area contributed by atoms with Crippen LogP contribution < -0.4 is 14.8 Å². The highest BCUT2D eigenvalue weighted by Crippen LogP contribution is 2.31. The van der Waals surface area contributed by atoms with Crippen molar-refractivity contribution >= 4 is 28.6 Å². The highest BCUT2D eigenvalue weighted by Gasteiger charge is 2.31. The van der Waals surface area contributed by atoms with Gasteiger partial charge < -0.3 is 19.7 Å². The zero-order chi connectivity index (χ0) is 24.7. The Hall–Kier alpha value is -3.66. The predicted octanol–water partition coefficient (Wildman–Crippen LogP) is 5.51. The van der Waals surface area contributed by atoms with Crippen molar-refractivity contribution in [3.63, 3.8) is 0 Å². The highest BCUT2D eigenvalue weighted by molar-refractivity contribution is 14.1. The molecule has 0 saturated carbocycles. The maximum Gasteiger partial charge on any atom is 0.318 e. The number of rotatable bonds is 9. The van der Waals surface area contributed by atoms with Gasteiger partial charge in [0, 0.05) is 10.1 Å². The van der Waals surface area contributed by atoms with E-state index in [4.69, 9.17) is 9.47 Å². The summed E-state index contributed by atoms with van der Waals surface area (Å²) < 4.78 is 13.4. The number of carbonyl (C=O) groups excluding carboxylic acids is 1. The van der Waals surface area contributed by atoms with E-state index in [-0.39, 0.29) is 18.6 Å². The second-order valence-electron chi connectivity index (χ2n) is 8.44. The second kappa shape index (κ2) is 11.4. The van der Waals surface area contributed by atoms with Crippen molar-refractivity contribution in [3.8, 4) is 11.6 Å². The van der Waals surface area contributed by atoms with Gasteiger partial charge in [0.1, 0.15) is 25.2 Å². The zero-order valence-electron chi connectivity index (χ0n) is 19.5. The molecule has 1 saturated heterocycles. The fraction of sp³-hybridized carbons (Fsp3) is 0.179. The average Bonchev–Trinajstić information content (AvgIpc) is 3.28. The average molecular weight is 592 g/mol. The molecule has 1 aromatic heterocycles. The van der Waals surface area contributed by atoms with Gasteiger partial charge in [-0.25, -0.2) is 9.78 Å². The van der Waals surface area contributed by atoms with Crippen LogP contribution in [0.1, 0.15) is 28.4 Å². The van der Waals surface area contributed by atoms with Crippen LogP contribution in [-0.2, 0) is 19.8 Å². The lowest BCUT2D eigenvalue weighted by molar-refractivity contribution is 0.211. The quantitative estimate of drug-likeness (QED) is 0.260. The summed E-state index contributed by atoms with van der Waals surface area (Å²) in [5.41, 5.74) is 3.70. The molecule has 0 aliphatic carbocycles. The van der Waals surface area contributed by atoms with Crippen molar-refractivity contribution in [1.29, 1.82) is 0 Å². The number of benzene rings is 3. The standard InChI is InChI=1S/C28H25IN4O3/c29-23-13-11-22(12-14-23)24-15-33(28(34)32-24)16-25-26(35-17-20-7-3-1-4-8-20)27(31-19-30-25)36-18-21-9-5-2-6-10-21/h1-14,19,24H,15-18H2,(H,32,34). The molecule has 0 spiro atoms. The van der Waals surface area contributed by atoms with E-state index in [0.29, 0.717) is 37.1 Å². The lowest BCUT2D eigenvalue weighted by Gasteiger charge is -2.19. The molecule has 1 aliphatic heterocycles. The van der Waals surface area contributed by atoms with Crippen molar-refractivity contribution in [1.82, 2.24) is 20.2 Å². The van der Waals surface area contributed by atoms with Crippen molar-refractivity contribution < 1.29 is 14.3 Å². The molecule has 1 fully saturated rings. The Labute approximate surface area is 223 Å². The summed E-state index contributed by atoms with van der Waals surface area (Å²) in [5, 5.41) is 3.07. The van der Waals surface area contributed by atoms with Crippen molar-refractivity contribution in [3.05, 3.63) is 117 Å². The van der Waals surface area contributed by atoms with Gasteiger partial charge in [0.2, 0.25) is 5.75 Å². The van der Waals surface area contributed by atoms with Crippen LogP contribution in [0.4, 0.5) is 4.79 Å². The number of halogens is 1. The third-order valence-electron chi connectivity index (χ3n) is 5.89. The molecule has 182 valence electrons. The lowest BCUT2D eigenvalue weighted by Crippen LogP contribution is -2.28. The van der Waals surface area contributed by atoms with E-state index in [1.807, 2.05) is 84.9 Å². The van der Waals surface area contributed by atoms with Crippen LogP contribution in [0.2, 0.25) is 0 Å². The Morgan fingerprint density at radius 2 is 1.50 bits per heavy atom. The molecule has 5 rings (SSSR count). The molecule has 1 N–H and O–H groups in total. The van der Waals surface area contributed by atoms with E-state index in [1.54, 1.807) is 4.90 Å². The van der Waals surface area contributed by atoms with Gasteiger partial charge in [0.05, 0.1) is 12.6 Å². The number of ether oxygens (including phenoxy) is 2. The summed E-state index contributed by atoms with van der Waals surface area (Å²) in [6, 6.07) is 27.7. The third-order valence-corrected chi connectivity index (χ3v) is 6.61. The molecule has 36 heavy (non-hydrogen) atoms. The molecule has 1 aliphatic rings. The van der Waals surface area contributed by atoms with E-state index >= 15 is 0 Å². The molecular formula is C28H25IN4O3. The minimum Gasteiger partial charge on any atom is -0.482 e. The van der Waals surface area contributed by atoms with Gasteiger partial charge in [0.15, 0.2) is 0 Å². The summed E-state index contributed by atoms with van der Waals surface area (Å²) in [7, 11) is 0. The maximum absolute atomic E-state index is 12.8. The molecule has 8 heteroatoms. The first-order valence-corrected chi connectivity index (χ1v) is 12.7. The third kappa shape index (κ3) is 5.93. The van der Waals surface area contributed by atoms with Crippen LogP contribution in [0.5, 0.6) is 11.6 Å². The lowest BCUT2D eigenvalue weighted by atomic mass is 10.1. The van der Waals surface area contributed by atoms with Crippen molar-refractivity contribution in [2.75, 3.05) is 6.54 Å². The minimum atomic E-state index is -0.141. The second-order valence-corrected chi connectivity index (χ2v) is 9.68. The predicted molar refractivity (Wildman–Crippen MR) is 144 cm³/mol. The first-order valence-electron chi connectivity index (χ1n) is 11.6. The van der Waals surface area contributed by atoms with Crippen LogP contribution in [-0.4, -0.2) is 27.4 Å². The molecule has 0 bridgehead atoms. The summed E-state index contributed by atoms with van der Waals surface area (Å²) in [5.74, 6) is 0.802. The number of hydrogen-bond donors (Lipinski definition) is 1. The smallest absolute Gasteiger partial charge is 0.318 e. The first-order chi connectivity index (χ1) is 17.7. The fourth-order valence-corrected chi connectivity index (χ4v) is 4.36. The summed E-state index contributed by atoms with van der Waals surface area (Å²) in [6.45, 7) is 1.49. The van der Waals surface area contributed by atoms with E-state index in [9.17, 15) is 4.79 Å². The fourth-order valence-electron chi connectivity index (χ4n) is 4.00. The van der Waals surface area contributed by atoms with E-state index in [1.165, 1.54) is 6.33 Å². The van der Waals surface area contributed by atoms with Gasteiger partial charge >= 0.3 is 6.03 Å². The van der Waals surface area contributed by atoms with Crippen molar-refractivity contribution in [2.45, 2.75) is 25.8 Å². The highest BCUT2D eigenvalue weighted by atomic mass is 127. The van der Waals surface area contributed by atoms with Crippen LogP contribution in [0.3, 0.4) is 0 Å².